The standard InChI is InChI=1S/C101H93BN2O3/c1-95(2,3)66-44-39-62(40-45-66)72-56-70(97(7,8)9)48-50-82(72)103-84-58-77-92(106-88-36-26-23-33-74(88)99(77,13)14)60-80(84)102-81-61-93-78(100(15,16)75-34-24-27-37-89(75)107-93)59-85(81)104(83-51-49-71(98(10,11)12)57-73(83)63-41-46-67(47-42-63)96(4,5)6)87-55-65(54-86(103)94(87)102)64-43-52-91-79(53-64)101(68-29-19-17-20-30-68,69-31-21-18-22-32-69)76-35-25-28-38-90(76)105-91/h17-61H,1-16H3. The molecule has 107 heavy (non-hydrogen) atoms. The van der Waals surface area contributed by atoms with E-state index in [4.69, 9.17) is 14.2 Å². The van der Waals surface area contributed by atoms with Crippen LogP contribution in [0.15, 0.2) is 273 Å². The lowest BCUT2D eigenvalue weighted by Crippen LogP contribution is -2.61. The van der Waals surface area contributed by atoms with E-state index in [1.807, 2.05) is 0 Å². The molecule has 0 bridgehead atoms. The minimum absolute atomic E-state index is 0.0516. The molecule has 528 valence electrons. The van der Waals surface area contributed by atoms with Gasteiger partial charge in [-0.25, -0.2) is 0 Å². The Morgan fingerprint density at radius 1 is 0.262 bits per heavy atom. The quantitative estimate of drug-likeness (QED) is 0.149. The van der Waals surface area contributed by atoms with Crippen molar-refractivity contribution in [2.24, 2.45) is 0 Å². The molecule has 0 saturated carbocycles. The summed E-state index contributed by atoms with van der Waals surface area (Å²) in [6, 6.07) is 103. The Labute approximate surface area is 633 Å². The summed E-state index contributed by atoms with van der Waals surface area (Å²) in [4.78, 5) is 5.32. The van der Waals surface area contributed by atoms with Crippen LogP contribution in [0.2, 0.25) is 0 Å². The normalized spacial score (nSPS) is 15.3. The van der Waals surface area contributed by atoms with Gasteiger partial charge in [0.1, 0.15) is 34.5 Å². The highest BCUT2D eigenvalue weighted by molar-refractivity contribution is 7.00. The van der Waals surface area contributed by atoms with Crippen LogP contribution in [-0.4, -0.2) is 6.71 Å². The third-order valence-electron chi connectivity index (χ3n) is 24.1. The summed E-state index contributed by atoms with van der Waals surface area (Å²) in [5.41, 5.74) is 28.7. The molecule has 0 saturated heterocycles. The molecule has 13 aromatic rings. The molecule has 18 rings (SSSR count). The summed E-state index contributed by atoms with van der Waals surface area (Å²) >= 11 is 0. The Hall–Kier alpha value is -11.1. The zero-order chi connectivity index (χ0) is 74.2. The van der Waals surface area contributed by atoms with Gasteiger partial charge in [-0.05, 0) is 185 Å². The molecule has 0 amide bonds. The zero-order valence-electron chi connectivity index (χ0n) is 64.7. The molecule has 0 radical (unpaired) electrons. The van der Waals surface area contributed by atoms with Gasteiger partial charge in [-0.3, -0.25) is 0 Å². The van der Waals surface area contributed by atoms with Gasteiger partial charge in [0.05, 0.1) is 16.8 Å². The minimum Gasteiger partial charge on any atom is -0.457 e. The molecular weight excluding hydrogens is 1300 g/mol. The van der Waals surface area contributed by atoms with Crippen LogP contribution in [0, 0.1) is 0 Å². The molecule has 0 aliphatic carbocycles. The molecule has 0 spiro atoms. The van der Waals surface area contributed by atoms with E-state index in [-0.39, 0.29) is 28.4 Å². The summed E-state index contributed by atoms with van der Waals surface area (Å²) in [5, 5.41) is 0. The number of rotatable bonds is 7. The van der Waals surface area contributed by atoms with Gasteiger partial charge < -0.3 is 24.0 Å². The highest BCUT2D eigenvalue weighted by atomic mass is 16.5. The molecule has 0 fully saturated rings. The van der Waals surface area contributed by atoms with E-state index >= 15 is 0 Å². The van der Waals surface area contributed by atoms with Crippen molar-refractivity contribution in [3.05, 3.63) is 340 Å². The third kappa shape index (κ3) is 10.7. The lowest BCUT2D eigenvalue weighted by Gasteiger charge is -2.47. The monoisotopic (exact) mass is 1390 g/mol. The second kappa shape index (κ2) is 24.0. The average molecular weight is 1390 g/mol. The van der Waals surface area contributed by atoms with Crippen LogP contribution in [0.5, 0.6) is 34.5 Å². The van der Waals surface area contributed by atoms with Crippen molar-refractivity contribution in [2.75, 3.05) is 9.80 Å². The number of ether oxygens (including phenoxy) is 3. The number of para-hydroxylation sites is 3. The van der Waals surface area contributed by atoms with Gasteiger partial charge in [-0.15, -0.1) is 0 Å². The van der Waals surface area contributed by atoms with E-state index in [2.05, 4.69) is 394 Å². The highest BCUT2D eigenvalue weighted by Crippen LogP contribution is 2.60. The van der Waals surface area contributed by atoms with Gasteiger partial charge in [0.25, 0.3) is 6.71 Å². The fraction of sp³-hybridized carbons (Fsp3) is 0.228. The maximum atomic E-state index is 7.36. The minimum atomic E-state index is -0.774. The van der Waals surface area contributed by atoms with Crippen molar-refractivity contribution in [3.8, 4) is 67.9 Å². The fourth-order valence-electron chi connectivity index (χ4n) is 18.1. The summed E-state index contributed by atoms with van der Waals surface area (Å²) < 4.78 is 21.9. The van der Waals surface area contributed by atoms with Gasteiger partial charge in [0, 0.05) is 78.1 Å². The largest absolute Gasteiger partial charge is 0.457 e. The van der Waals surface area contributed by atoms with Gasteiger partial charge in [-0.1, -0.05) is 293 Å². The molecule has 5 nitrogen and oxygen atoms in total. The summed E-state index contributed by atoms with van der Waals surface area (Å²) in [6.45, 7) is 37.0. The number of anilines is 6. The number of hydrogen-bond acceptors (Lipinski definition) is 5. The zero-order valence-corrected chi connectivity index (χ0v) is 64.7. The first-order valence-corrected chi connectivity index (χ1v) is 38.3. The highest BCUT2D eigenvalue weighted by Gasteiger charge is 2.50. The van der Waals surface area contributed by atoms with E-state index in [1.54, 1.807) is 0 Å². The molecule has 0 atom stereocenters. The second-order valence-corrected chi connectivity index (χ2v) is 35.7. The molecule has 13 aromatic carbocycles. The van der Waals surface area contributed by atoms with Crippen LogP contribution in [0.1, 0.15) is 178 Å². The first-order valence-electron chi connectivity index (χ1n) is 38.3. The van der Waals surface area contributed by atoms with Crippen molar-refractivity contribution >= 4 is 57.2 Å². The Morgan fingerprint density at radius 3 is 1.04 bits per heavy atom. The van der Waals surface area contributed by atoms with Crippen LogP contribution in [-0.2, 0) is 37.9 Å². The SMILES string of the molecule is CC(C)(C)c1ccc(-c2cc(C(C)(C)C)ccc2N2c3cc4c(cc3B3c5cc6c(cc5N(c5ccc(C(C)(C)C)cc5-c5ccc(C(C)(C)C)cc5)c5cc(-c7ccc8c(c7)C(c7ccccc7)(c7ccccc7)c7ccccc7O8)cc2c53)C(C)(C)c2ccccc2O6)Oc2ccccc2C4(C)C)cc1. The Balaban J connectivity index is 1.01. The fourth-order valence-corrected chi connectivity index (χ4v) is 18.1. The first-order chi connectivity index (χ1) is 51.1. The van der Waals surface area contributed by atoms with Crippen LogP contribution in [0.25, 0.3) is 33.4 Å². The number of nitrogens with zero attached hydrogens (tertiary/aromatic N) is 2. The molecular formula is C101H93BN2O3. The van der Waals surface area contributed by atoms with Crippen LogP contribution < -0.4 is 40.4 Å². The molecule has 0 unspecified atom stereocenters. The van der Waals surface area contributed by atoms with E-state index in [0.717, 1.165) is 157 Å². The van der Waals surface area contributed by atoms with E-state index in [0.29, 0.717) is 0 Å². The summed E-state index contributed by atoms with van der Waals surface area (Å²) in [7, 11) is 0. The Bertz CT molecular complexity index is 5480. The van der Waals surface area contributed by atoms with E-state index < -0.39 is 16.2 Å². The van der Waals surface area contributed by atoms with Crippen molar-refractivity contribution < 1.29 is 14.2 Å². The number of hydrogen-bond donors (Lipinski definition) is 0. The summed E-state index contributed by atoms with van der Waals surface area (Å²) in [6.07, 6.45) is 0. The predicted molar refractivity (Wildman–Crippen MR) is 447 cm³/mol. The molecule has 5 aliphatic heterocycles. The van der Waals surface area contributed by atoms with E-state index in [9.17, 15) is 0 Å². The van der Waals surface area contributed by atoms with Crippen molar-refractivity contribution in [3.63, 3.8) is 0 Å². The first kappa shape index (κ1) is 67.8. The Kier molecular flexibility index (Phi) is 15.2. The average Bonchev–Trinajstić information content (AvgIpc) is 0.687. The predicted octanol–water partition coefficient (Wildman–Crippen LogP) is 25.3. The molecule has 5 aliphatic rings. The molecule has 5 heterocycles. The van der Waals surface area contributed by atoms with Gasteiger partial charge in [-0.2, -0.15) is 0 Å². The van der Waals surface area contributed by atoms with E-state index in [1.165, 1.54) is 27.7 Å². The number of fused-ring (bicyclic) bond motifs is 10. The van der Waals surface area contributed by atoms with Crippen molar-refractivity contribution in [1.82, 2.24) is 0 Å². The molecule has 0 aromatic heterocycles. The van der Waals surface area contributed by atoms with Crippen LogP contribution in [0.3, 0.4) is 0 Å². The molecule has 6 heteroatoms. The molecule has 0 N–H and O–H groups in total. The lowest BCUT2D eigenvalue weighted by molar-refractivity contribution is 0.418. The second-order valence-electron chi connectivity index (χ2n) is 35.7. The number of benzene rings is 13. The van der Waals surface area contributed by atoms with Gasteiger partial charge in [0.2, 0.25) is 0 Å². The van der Waals surface area contributed by atoms with Gasteiger partial charge >= 0.3 is 0 Å². The topological polar surface area (TPSA) is 34.2 Å². The van der Waals surface area contributed by atoms with Crippen molar-refractivity contribution in [1.29, 1.82) is 0 Å². The van der Waals surface area contributed by atoms with Crippen LogP contribution in [0.4, 0.5) is 34.1 Å². The Morgan fingerprint density at radius 2 is 0.617 bits per heavy atom. The maximum absolute atomic E-state index is 7.36. The van der Waals surface area contributed by atoms with Crippen molar-refractivity contribution in [2.45, 2.75) is 149 Å². The smallest absolute Gasteiger partial charge is 0.252 e. The maximum Gasteiger partial charge on any atom is 0.252 e. The van der Waals surface area contributed by atoms with Gasteiger partial charge in [0.15, 0.2) is 0 Å². The summed E-state index contributed by atoms with van der Waals surface area (Å²) in [5.74, 6) is 5.14. The lowest BCUT2D eigenvalue weighted by atomic mass is 9.33. The van der Waals surface area contributed by atoms with Crippen LogP contribution >= 0.6 is 0 Å². The third-order valence-corrected chi connectivity index (χ3v) is 24.1.